The monoisotopic (exact) mass is 274 g/mol. The fraction of sp³-hybridized carbons (Fsp3) is 0.333. The van der Waals surface area contributed by atoms with E-state index in [9.17, 15) is 12.9 Å². The van der Waals surface area contributed by atoms with Gasteiger partial charge in [0.25, 0.3) is 0 Å². The number of rotatable bonds is 6. The first-order chi connectivity index (χ1) is 7.00. The minimum absolute atomic E-state index is 0. The van der Waals surface area contributed by atoms with E-state index in [1.54, 1.807) is 11.3 Å². The molecule has 0 N–H and O–H groups in total. The molecular weight excluding hydrogens is 263 g/mol. The molecule has 16 heavy (non-hydrogen) atoms. The van der Waals surface area contributed by atoms with Crippen molar-refractivity contribution in [2.45, 2.75) is 6.42 Å². The second-order valence-corrected chi connectivity index (χ2v) is 4.15. The zero-order valence-corrected chi connectivity index (χ0v) is 13.0. The van der Waals surface area contributed by atoms with Gasteiger partial charge in [0.1, 0.15) is 0 Å². The van der Waals surface area contributed by atoms with Gasteiger partial charge in [0, 0.05) is 17.9 Å². The quantitative estimate of drug-likeness (QED) is 0.534. The van der Waals surface area contributed by atoms with Gasteiger partial charge in [-0.25, -0.2) is 0 Å². The van der Waals surface area contributed by atoms with Gasteiger partial charge in [-0.3, -0.25) is 0 Å². The van der Waals surface area contributed by atoms with E-state index < -0.39 is 19.1 Å². The molecule has 0 spiro atoms. The molecule has 0 bridgehead atoms. The second kappa shape index (κ2) is 8.07. The van der Waals surface area contributed by atoms with Gasteiger partial charge in [-0.05, 0) is 11.4 Å². The van der Waals surface area contributed by atoms with E-state index in [-0.39, 0.29) is 51.4 Å². The number of ether oxygens (including phenoxy) is 1. The van der Waals surface area contributed by atoms with Gasteiger partial charge >= 0.3 is 58.4 Å². The van der Waals surface area contributed by atoms with Crippen LogP contribution in [0.2, 0.25) is 0 Å². The Labute approximate surface area is 140 Å². The molecule has 7 heteroatoms. The van der Waals surface area contributed by atoms with Crippen LogP contribution < -0.4 is 51.4 Å². The standard InChI is InChI=1S/C9H11BF3OS.K/c1-8(10(11,12)13)7-14-5-4-9-3-2-6-15-9;/h2-3,6H,1,4-5,7H2;/q-1;+1. The molecule has 0 saturated carbocycles. The van der Waals surface area contributed by atoms with Crippen molar-refractivity contribution in [2.75, 3.05) is 13.2 Å². The summed E-state index contributed by atoms with van der Waals surface area (Å²) in [5, 5.41) is 1.92. The van der Waals surface area contributed by atoms with Crippen LogP contribution >= 0.6 is 11.3 Å². The minimum Gasteiger partial charge on any atom is -0.445 e. The smallest absolute Gasteiger partial charge is 0.445 e. The fourth-order valence-electron chi connectivity index (χ4n) is 0.925. The molecule has 0 unspecified atom stereocenters. The van der Waals surface area contributed by atoms with E-state index >= 15 is 0 Å². The molecule has 1 nitrogen and oxygen atoms in total. The number of thiophene rings is 1. The second-order valence-electron chi connectivity index (χ2n) is 3.11. The van der Waals surface area contributed by atoms with Crippen molar-refractivity contribution in [2.24, 2.45) is 0 Å². The molecule has 84 valence electrons. The zero-order valence-electron chi connectivity index (χ0n) is 9.09. The summed E-state index contributed by atoms with van der Waals surface area (Å²) in [4.78, 5) is 1.11. The van der Waals surface area contributed by atoms with E-state index in [1.165, 1.54) is 0 Å². The van der Waals surface area contributed by atoms with E-state index in [0.29, 0.717) is 13.0 Å². The number of hydrogen-bond donors (Lipinski definition) is 0. The molecule has 1 heterocycles. The van der Waals surface area contributed by atoms with Crippen molar-refractivity contribution < 1.29 is 69.1 Å². The van der Waals surface area contributed by atoms with Crippen LogP contribution in [0.1, 0.15) is 4.88 Å². The van der Waals surface area contributed by atoms with Crippen molar-refractivity contribution in [3.05, 3.63) is 34.4 Å². The predicted octanol–water partition coefficient (Wildman–Crippen LogP) is 0.254. The van der Waals surface area contributed by atoms with Gasteiger partial charge in [-0.2, -0.15) is 0 Å². The van der Waals surface area contributed by atoms with E-state index in [2.05, 4.69) is 6.58 Å². The Kier molecular flexibility index (Phi) is 8.52. The number of halogens is 3. The Morgan fingerprint density at radius 3 is 2.62 bits per heavy atom. The van der Waals surface area contributed by atoms with Gasteiger partial charge in [0.2, 0.25) is 0 Å². The van der Waals surface area contributed by atoms with E-state index in [1.807, 2.05) is 17.5 Å². The van der Waals surface area contributed by atoms with Crippen molar-refractivity contribution in [3.63, 3.8) is 0 Å². The maximum absolute atomic E-state index is 12.0. The van der Waals surface area contributed by atoms with Crippen LogP contribution in [-0.4, -0.2) is 20.2 Å². The van der Waals surface area contributed by atoms with Gasteiger partial charge in [0.15, 0.2) is 0 Å². The molecule has 1 aromatic heterocycles. The van der Waals surface area contributed by atoms with Crippen molar-refractivity contribution in [3.8, 4) is 0 Å². The molecule has 1 rings (SSSR count). The average Bonchev–Trinajstić information content (AvgIpc) is 2.63. The van der Waals surface area contributed by atoms with Gasteiger partial charge in [-0.15, -0.1) is 23.4 Å². The minimum atomic E-state index is -4.95. The summed E-state index contributed by atoms with van der Waals surface area (Å²) in [5.74, 6) is 0. The summed E-state index contributed by atoms with van der Waals surface area (Å²) >= 11 is 1.57. The normalized spacial score (nSPS) is 10.9. The fourth-order valence-corrected chi connectivity index (χ4v) is 1.62. The van der Waals surface area contributed by atoms with Crippen LogP contribution in [-0.2, 0) is 11.2 Å². The Balaban J connectivity index is 0.00000225. The third kappa shape index (κ3) is 6.58. The van der Waals surface area contributed by atoms with Crippen LogP contribution in [0.15, 0.2) is 29.6 Å². The number of hydrogen-bond acceptors (Lipinski definition) is 2. The molecule has 0 radical (unpaired) electrons. The van der Waals surface area contributed by atoms with Crippen molar-refractivity contribution in [1.82, 2.24) is 0 Å². The van der Waals surface area contributed by atoms with Gasteiger partial charge in [0.05, 0.1) is 6.61 Å². The largest absolute Gasteiger partial charge is 1.00 e. The summed E-state index contributed by atoms with van der Waals surface area (Å²) in [7, 11) is 0. The summed E-state index contributed by atoms with van der Waals surface area (Å²) in [5.41, 5.74) is -0.777. The zero-order chi connectivity index (χ0) is 11.3. The molecule has 1 aromatic rings. The Hall–Kier alpha value is 0.891. The molecule has 0 atom stereocenters. The predicted molar refractivity (Wildman–Crippen MR) is 57.1 cm³/mol. The van der Waals surface area contributed by atoms with Crippen LogP contribution in [0.25, 0.3) is 0 Å². The third-order valence-electron chi connectivity index (χ3n) is 1.82. The Morgan fingerprint density at radius 1 is 1.44 bits per heavy atom. The first kappa shape index (κ1) is 16.9. The van der Waals surface area contributed by atoms with E-state index in [4.69, 9.17) is 4.74 Å². The molecule has 0 aliphatic heterocycles. The average molecular weight is 274 g/mol. The molecule has 0 amide bonds. The molecule has 0 fully saturated rings. The first-order valence-corrected chi connectivity index (χ1v) is 5.36. The Morgan fingerprint density at radius 2 is 2.12 bits per heavy atom. The van der Waals surface area contributed by atoms with Crippen LogP contribution in [0.5, 0.6) is 0 Å². The maximum Gasteiger partial charge on any atom is 1.00 e. The Bertz CT molecular complexity index is 313. The van der Waals surface area contributed by atoms with Crippen molar-refractivity contribution >= 4 is 18.3 Å². The summed E-state index contributed by atoms with van der Waals surface area (Å²) in [6.45, 7) is -2.14. The van der Waals surface area contributed by atoms with E-state index in [0.717, 1.165) is 4.88 Å². The summed E-state index contributed by atoms with van der Waals surface area (Å²) < 4.78 is 41.0. The molecule has 0 aliphatic rings. The van der Waals surface area contributed by atoms with Crippen molar-refractivity contribution in [1.29, 1.82) is 0 Å². The summed E-state index contributed by atoms with van der Waals surface area (Å²) in [6, 6.07) is 3.83. The van der Waals surface area contributed by atoms with Crippen LogP contribution in [0, 0.1) is 0 Å². The molecule has 0 saturated heterocycles. The SMILES string of the molecule is C=C(COCCc1cccs1)[B-](F)(F)F.[K+]. The molecular formula is C9H11BF3KOS. The van der Waals surface area contributed by atoms with Crippen LogP contribution in [0.3, 0.4) is 0 Å². The third-order valence-corrected chi connectivity index (χ3v) is 2.76. The first-order valence-electron chi connectivity index (χ1n) is 4.48. The molecule has 0 aromatic carbocycles. The van der Waals surface area contributed by atoms with Gasteiger partial charge < -0.3 is 17.7 Å². The maximum atomic E-state index is 12.0. The van der Waals surface area contributed by atoms with Gasteiger partial charge in [-0.1, -0.05) is 6.07 Å². The summed E-state index contributed by atoms with van der Waals surface area (Å²) in [6.07, 6.45) is 0.649. The topological polar surface area (TPSA) is 9.23 Å². The molecule has 0 aliphatic carbocycles. The van der Waals surface area contributed by atoms with Crippen LogP contribution in [0.4, 0.5) is 12.9 Å².